The van der Waals surface area contributed by atoms with Crippen molar-refractivity contribution in [3.63, 3.8) is 0 Å². The van der Waals surface area contributed by atoms with Crippen LogP contribution in [0.3, 0.4) is 0 Å². The molecule has 4 N–H and O–H groups in total. The number of ether oxygens (including phenoxy) is 2. The van der Waals surface area contributed by atoms with Gasteiger partial charge in [0.1, 0.15) is 30.4 Å². The lowest BCUT2D eigenvalue weighted by molar-refractivity contribution is 0.0464. The standard InChI is InChI=1S/C28H32ClFN7O6P/c1-17(37-7-5-20(6-8-37)43-44(38,39)40)15-42-26-11-24-21(10-25(26)41-2)28(35-16-34-24)36-19-12-32-27(33-13-19)14-31-18-3-4-23(30)22(29)9-18/h3-4,9-13,16-17,20,31H,5-8,14-15H2,1-2H3,(H,34,35,36)(H2,38,39,40). The molecule has 0 spiro atoms. The molecule has 234 valence electrons. The Kier molecular flexibility index (Phi) is 10.1. The van der Waals surface area contributed by atoms with Gasteiger partial charge in [0.2, 0.25) is 0 Å². The predicted octanol–water partition coefficient (Wildman–Crippen LogP) is 4.92. The van der Waals surface area contributed by atoms with Crippen LogP contribution in [-0.4, -0.2) is 73.6 Å². The average molecular weight is 648 g/mol. The summed E-state index contributed by atoms with van der Waals surface area (Å²) in [6.45, 7) is 3.99. The Morgan fingerprint density at radius 2 is 1.84 bits per heavy atom. The fourth-order valence-corrected chi connectivity index (χ4v) is 5.58. The first kappa shape index (κ1) is 31.8. The van der Waals surface area contributed by atoms with Gasteiger partial charge in [0.15, 0.2) is 11.5 Å². The van der Waals surface area contributed by atoms with E-state index in [4.69, 9.17) is 35.4 Å². The first-order valence-corrected chi connectivity index (χ1v) is 15.7. The molecule has 1 atom stereocenters. The third-order valence-corrected chi connectivity index (χ3v) is 7.99. The molecule has 2 aromatic carbocycles. The number of nitrogens with zero attached hydrogens (tertiary/aromatic N) is 5. The number of hydrogen-bond acceptors (Lipinski definition) is 11. The van der Waals surface area contributed by atoms with Crippen LogP contribution in [0.5, 0.6) is 11.5 Å². The number of piperidine rings is 1. The molecule has 1 aliphatic rings. The lowest BCUT2D eigenvalue weighted by Crippen LogP contribution is -2.44. The molecule has 4 aromatic rings. The maximum Gasteiger partial charge on any atom is 0.469 e. The van der Waals surface area contributed by atoms with Crippen molar-refractivity contribution in [3.8, 4) is 11.5 Å². The van der Waals surface area contributed by atoms with E-state index in [1.807, 2.05) is 6.92 Å². The van der Waals surface area contributed by atoms with Crippen LogP contribution in [-0.2, 0) is 15.6 Å². The van der Waals surface area contributed by atoms with E-state index in [1.165, 1.54) is 18.5 Å². The second kappa shape index (κ2) is 14.0. The van der Waals surface area contributed by atoms with E-state index in [0.29, 0.717) is 84.5 Å². The molecule has 1 saturated heterocycles. The summed E-state index contributed by atoms with van der Waals surface area (Å²) < 4.78 is 41.1. The zero-order valence-corrected chi connectivity index (χ0v) is 25.6. The first-order valence-electron chi connectivity index (χ1n) is 13.8. The zero-order valence-electron chi connectivity index (χ0n) is 24.0. The SMILES string of the molecule is COc1cc2c(Nc3cnc(CNc4ccc(F)c(Cl)c4)nc3)ncnc2cc1OCC(C)N1CCC(OP(=O)(O)O)CC1. The topological polar surface area (TPSA) is 164 Å². The van der Waals surface area contributed by atoms with Crippen LogP contribution in [0.2, 0.25) is 5.02 Å². The van der Waals surface area contributed by atoms with Crippen molar-refractivity contribution in [3.05, 3.63) is 65.7 Å². The fraction of sp³-hybridized carbons (Fsp3) is 0.357. The molecule has 3 heterocycles. The van der Waals surface area contributed by atoms with Crippen LogP contribution in [0.4, 0.5) is 21.6 Å². The largest absolute Gasteiger partial charge is 0.493 e. The number of anilines is 3. The Bertz CT molecular complexity index is 1640. The van der Waals surface area contributed by atoms with Crippen molar-refractivity contribution in [1.29, 1.82) is 0 Å². The van der Waals surface area contributed by atoms with Crippen LogP contribution in [0.25, 0.3) is 10.9 Å². The van der Waals surface area contributed by atoms with Crippen LogP contribution >= 0.6 is 19.4 Å². The number of fused-ring (bicyclic) bond motifs is 1. The minimum atomic E-state index is -4.49. The van der Waals surface area contributed by atoms with Crippen molar-refractivity contribution in [2.24, 2.45) is 0 Å². The van der Waals surface area contributed by atoms with Gasteiger partial charge >= 0.3 is 7.82 Å². The molecule has 0 amide bonds. The molecule has 13 nitrogen and oxygen atoms in total. The summed E-state index contributed by atoms with van der Waals surface area (Å²) in [5, 5.41) is 7.07. The van der Waals surface area contributed by atoms with Gasteiger partial charge in [-0.2, -0.15) is 0 Å². The first-order chi connectivity index (χ1) is 21.1. The molecule has 0 aliphatic carbocycles. The van der Waals surface area contributed by atoms with Gasteiger partial charge in [0.25, 0.3) is 0 Å². The second-order valence-electron chi connectivity index (χ2n) is 10.2. The highest BCUT2D eigenvalue weighted by Gasteiger charge is 2.28. The van der Waals surface area contributed by atoms with Crippen molar-refractivity contribution in [1.82, 2.24) is 24.8 Å². The van der Waals surface area contributed by atoms with Crippen LogP contribution < -0.4 is 20.1 Å². The molecule has 1 aliphatic heterocycles. The molecule has 2 aromatic heterocycles. The quantitative estimate of drug-likeness (QED) is 0.153. The summed E-state index contributed by atoms with van der Waals surface area (Å²) in [5.74, 6) is 1.61. The Morgan fingerprint density at radius 1 is 1.09 bits per heavy atom. The van der Waals surface area contributed by atoms with Gasteiger partial charge in [-0.1, -0.05) is 11.6 Å². The van der Waals surface area contributed by atoms with Crippen LogP contribution in [0.1, 0.15) is 25.6 Å². The molecule has 5 rings (SSSR count). The van der Waals surface area contributed by atoms with Gasteiger partial charge in [0.05, 0.1) is 48.4 Å². The number of aromatic nitrogens is 4. The molecule has 0 saturated carbocycles. The van der Waals surface area contributed by atoms with E-state index in [2.05, 4.69) is 35.5 Å². The van der Waals surface area contributed by atoms with Crippen LogP contribution in [0, 0.1) is 5.82 Å². The number of phosphoric acid groups is 1. The summed E-state index contributed by atoms with van der Waals surface area (Å²) in [4.78, 5) is 37.9. The van der Waals surface area contributed by atoms with Crippen molar-refractivity contribution >= 4 is 47.5 Å². The predicted molar refractivity (Wildman–Crippen MR) is 163 cm³/mol. The highest BCUT2D eigenvalue weighted by Crippen LogP contribution is 2.40. The molecule has 44 heavy (non-hydrogen) atoms. The number of benzene rings is 2. The van der Waals surface area contributed by atoms with Gasteiger partial charge < -0.3 is 29.9 Å². The third-order valence-electron chi connectivity index (χ3n) is 7.13. The van der Waals surface area contributed by atoms with Crippen molar-refractivity contribution < 1.29 is 32.7 Å². The normalized spacial score (nSPS) is 15.2. The lowest BCUT2D eigenvalue weighted by Gasteiger charge is -2.35. The Morgan fingerprint density at radius 3 is 2.52 bits per heavy atom. The number of hydrogen-bond donors (Lipinski definition) is 4. The van der Waals surface area contributed by atoms with Gasteiger partial charge in [-0.15, -0.1) is 0 Å². The van der Waals surface area contributed by atoms with E-state index >= 15 is 0 Å². The minimum Gasteiger partial charge on any atom is -0.493 e. The summed E-state index contributed by atoms with van der Waals surface area (Å²) in [6, 6.07) is 8.01. The van der Waals surface area contributed by atoms with Crippen LogP contribution in [0.15, 0.2) is 49.1 Å². The second-order valence-corrected chi connectivity index (χ2v) is 11.8. The van der Waals surface area contributed by atoms with E-state index in [0.717, 1.165) is 0 Å². The maximum absolute atomic E-state index is 13.4. The molecule has 0 bridgehead atoms. The van der Waals surface area contributed by atoms with Gasteiger partial charge in [-0.3, -0.25) is 9.42 Å². The number of rotatable bonds is 12. The molecule has 1 fully saturated rings. The molecule has 16 heteroatoms. The number of phosphoric ester groups is 1. The molecule has 1 unspecified atom stereocenters. The zero-order chi connectivity index (χ0) is 31.3. The van der Waals surface area contributed by atoms with E-state index in [-0.39, 0.29) is 11.1 Å². The van der Waals surface area contributed by atoms with E-state index < -0.39 is 19.7 Å². The summed E-state index contributed by atoms with van der Waals surface area (Å²) >= 11 is 5.84. The van der Waals surface area contributed by atoms with E-state index in [1.54, 1.807) is 37.7 Å². The molecular weight excluding hydrogens is 616 g/mol. The fourth-order valence-electron chi connectivity index (χ4n) is 4.80. The van der Waals surface area contributed by atoms with Gasteiger partial charge in [-0.05, 0) is 44.0 Å². The molecular formula is C28H32ClFN7O6P. The maximum atomic E-state index is 13.4. The lowest BCUT2D eigenvalue weighted by atomic mass is 10.1. The van der Waals surface area contributed by atoms with Crippen molar-refractivity contribution in [2.75, 3.05) is 37.4 Å². The average Bonchev–Trinajstić information content (AvgIpc) is 3.00. The smallest absolute Gasteiger partial charge is 0.469 e. The van der Waals surface area contributed by atoms with E-state index in [9.17, 15) is 8.96 Å². The highest BCUT2D eigenvalue weighted by atomic mass is 35.5. The number of likely N-dealkylation sites (tertiary alicyclic amines) is 1. The third kappa shape index (κ3) is 8.29. The number of nitrogens with one attached hydrogen (secondary N) is 2. The number of methoxy groups -OCH3 is 1. The van der Waals surface area contributed by atoms with Gasteiger partial charge in [-0.25, -0.2) is 28.9 Å². The number of halogens is 2. The Balaban J connectivity index is 1.20. The van der Waals surface area contributed by atoms with Crippen molar-refractivity contribution in [2.45, 2.75) is 38.5 Å². The monoisotopic (exact) mass is 647 g/mol. The summed E-state index contributed by atoms with van der Waals surface area (Å²) in [7, 11) is -2.94. The minimum absolute atomic E-state index is 0.0314. The summed E-state index contributed by atoms with van der Waals surface area (Å²) in [5.41, 5.74) is 1.90. The summed E-state index contributed by atoms with van der Waals surface area (Å²) in [6.07, 6.45) is 5.30. The Labute approximate surface area is 258 Å². The highest BCUT2D eigenvalue weighted by molar-refractivity contribution is 7.46. The molecule has 0 radical (unpaired) electrons. The van der Waals surface area contributed by atoms with Gasteiger partial charge in [0, 0.05) is 36.3 Å². The Hall–Kier alpha value is -3.65.